The molecule has 2 nitrogen and oxygen atoms in total. The molecule has 1 rings (SSSR count). The Balaban J connectivity index is 2.58. The topological polar surface area (TPSA) is 15.3 Å². The van der Waals surface area contributed by atoms with Crippen LogP contribution in [0.15, 0.2) is 24.3 Å². The summed E-state index contributed by atoms with van der Waals surface area (Å²) in [6.45, 7) is 7.76. The maximum Gasteiger partial charge on any atom is 0.0453 e. The van der Waals surface area contributed by atoms with Crippen LogP contribution in [0.5, 0.6) is 0 Å². The van der Waals surface area contributed by atoms with Crippen LogP contribution in [0, 0.1) is 0 Å². The maximum atomic E-state index is 6.34. The molecule has 0 amide bonds. The average Bonchev–Trinajstić information content (AvgIpc) is 2.46. The molecule has 0 aliphatic carbocycles. The Morgan fingerprint density at radius 2 is 1.90 bits per heavy atom. The molecule has 0 aliphatic rings. The highest BCUT2D eigenvalue weighted by Crippen LogP contribution is 2.25. The molecule has 1 unspecified atom stereocenters. The van der Waals surface area contributed by atoms with Crippen LogP contribution in [0.3, 0.4) is 0 Å². The third-order valence-corrected chi connectivity index (χ3v) is 3.96. The van der Waals surface area contributed by atoms with Gasteiger partial charge in [-0.05, 0) is 57.6 Å². The van der Waals surface area contributed by atoms with Gasteiger partial charge >= 0.3 is 0 Å². The highest BCUT2D eigenvalue weighted by Gasteiger charge is 2.14. The van der Waals surface area contributed by atoms with Crippen molar-refractivity contribution in [3.63, 3.8) is 0 Å². The Labute approximate surface area is 129 Å². The third kappa shape index (κ3) is 6.25. The number of benzene rings is 1. The predicted molar refractivity (Wildman–Crippen MR) is 89.5 cm³/mol. The summed E-state index contributed by atoms with van der Waals surface area (Å²) < 4.78 is 0. The van der Waals surface area contributed by atoms with E-state index in [-0.39, 0.29) is 0 Å². The van der Waals surface area contributed by atoms with E-state index in [2.05, 4.69) is 43.2 Å². The minimum atomic E-state index is 0.354. The van der Waals surface area contributed by atoms with Gasteiger partial charge in [-0.1, -0.05) is 50.1 Å². The van der Waals surface area contributed by atoms with Crippen molar-refractivity contribution in [1.82, 2.24) is 10.2 Å². The highest BCUT2D eigenvalue weighted by atomic mass is 35.5. The van der Waals surface area contributed by atoms with Gasteiger partial charge in [0.05, 0.1) is 0 Å². The molecule has 0 fully saturated rings. The van der Waals surface area contributed by atoms with Gasteiger partial charge in [0.15, 0.2) is 0 Å². The Hall–Kier alpha value is -0.570. The summed E-state index contributed by atoms with van der Waals surface area (Å²) in [5.41, 5.74) is 1.23. The van der Waals surface area contributed by atoms with Gasteiger partial charge in [0.2, 0.25) is 0 Å². The first-order chi connectivity index (χ1) is 9.69. The number of halogens is 1. The van der Waals surface area contributed by atoms with Gasteiger partial charge in [0, 0.05) is 11.1 Å². The SMILES string of the molecule is CCCCN(C)CCC(NCCC)c1ccccc1Cl. The molecule has 0 bridgehead atoms. The van der Waals surface area contributed by atoms with E-state index >= 15 is 0 Å². The van der Waals surface area contributed by atoms with Gasteiger partial charge in [-0.3, -0.25) is 0 Å². The Kier molecular flexibility index (Phi) is 8.92. The molecule has 3 heteroatoms. The number of hydrogen-bond donors (Lipinski definition) is 1. The second-order valence-corrected chi connectivity index (χ2v) is 5.88. The van der Waals surface area contributed by atoms with Crippen LogP contribution in [0.2, 0.25) is 5.02 Å². The van der Waals surface area contributed by atoms with Gasteiger partial charge < -0.3 is 10.2 Å². The minimum absolute atomic E-state index is 0.354. The van der Waals surface area contributed by atoms with Crippen LogP contribution in [0.25, 0.3) is 0 Å². The number of unbranched alkanes of at least 4 members (excludes halogenated alkanes) is 1. The zero-order valence-corrected chi connectivity index (χ0v) is 13.9. The molecule has 1 N–H and O–H groups in total. The third-order valence-electron chi connectivity index (χ3n) is 3.61. The Morgan fingerprint density at radius 3 is 2.55 bits per heavy atom. The van der Waals surface area contributed by atoms with E-state index in [1.807, 2.05) is 12.1 Å². The van der Waals surface area contributed by atoms with Crippen molar-refractivity contribution < 1.29 is 0 Å². The second-order valence-electron chi connectivity index (χ2n) is 5.47. The lowest BCUT2D eigenvalue weighted by Gasteiger charge is -2.23. The lowest BCUT2D eigenvalue weighted by molar-refractivity contribution is 0.303. The lowest BCUT2D eigenvalue weighted by Crippen LogP contribution is -2.28. The Bertz CT molecular complexity index is 368. The van der Waals surface area contributed by atoms with Crippen molar-refractivity contribution in [2.24, 2.45) is 0 Å². The van der Waals surface area contributed by atoms with Crippen molar-refractivity contribution in [1.29, 1.82) is 0 Å². The molecule has 0 heterocycles. The van der Waals surface area contributed by atoms with E-state index in [1.165, 1.54) is 24.9 Å². The molecule has 1 aromatic carbocycles. The van der Waals surface area contributed by atoms with Gasteiger partial charge in [-0.2, -0.15) is 0 Å². The normalized spacial score (nSPS) is 12.8. The van der Waals surface area contributed by atoms with E-state index < -0.39 is 0 Å². The lowest BCUT2D eigenvalue weighted by atomic mass is 10.0. The number of hydrogen-bond acceptors (Lipinski definition) is 2. The number of nitrogens with one attached hydrogen (secondary N) is 1. The number of nitrogens with zero attached hydrogens (tertiary/aromatic N) is 1. The molecule has 0 radical (unpaired) electrons. The molecule has 0 saturated heterocycles. The standard InChI is InChI=1S/C17H29ClN2/c1-4-6-13-20(3)14-11-17(19-12-5-2)15-9-7-8-10-16(15)18/h7-10,17,19H,4-6,11-14H2,1-3H3. The highest BCUT2D eigenvalue weighted by molar-refractivity contribution is 6.31. The zero-order valence-electron chi connectivity index (χ0n) is 13.2. The van der Waals surface area contributed by atoms with Crippen LogP contribution in [-0.2, 0) is 0 Å². The van der Waals surface area contributed by atoms with E-state index in [9.17, 15) is 0 Å². The van der Waals surface area contributed by atoms with E-state index in [4.69, 9.17) is 11.6 Å². The first-order valence-corrected chi connectivity index (χ1v) is 8.23. The molecule has 1 atom stereocenters. The van der Waals surface area contributed by atoms with Crippen LogP contribution < -0.4 is 5.32 Å². The first kappa shape index (κ1) is 17.5. The van der Waals surface area contributed by atoms with Crippen molar-refractivity contribution in [2.75, 3.05) is 26.7 Å². The largest absolute Gasteiger partial charge is 0.310 e. The molecular formula is C17H29ClN2. The smallest absolute Gasteiger partial charge is 0.0453 e. The van der Waals surface area contributed by atoms with Crippen molar-refractivity contribution in [2.45, 2.75) is 45.6 Å². The first-order valence-electron chi connectivity index (χ1n) is 7.85. The van der Waals surface area contributed by atoms with Gasteiger partial charge in [-0.15, -0.1) is 0 Å². The predicted octanol–water partition coefficient (Wildman–Crippen LogP) is 4.50. The van der Waals surface area contributed by atoms with Crippen molar-refractivity contribution >= 4 is 11.6 Å². The van der Waals surface area contributed by atoms with Crippen molar-refractivity contribution in [3.8, 4) is 0 Å². The summed E-state index contributed by atoms with van der Waals surface area (Å²) in [4.78, 5) is 2.42. The van der Waals surface area contributed by atoms with Gasteiger partial charge in [0.1, 0.15) is 0 Å². The van der Waals surface area contributed by atoms with Crippen LogP contribution in [0.4, 0.5) is 0 Å². The summed E-state index contributed by atoms with van der Waals surface area (Å²) in [5, 5.41) is 4.50. The quantitative estimate of drug-likeness (QED) is 0.684. The van der Waals surface area contributed by atoms with E-state index in [1.54, 1.807) is 0 Å². The van der Waals surface area contributed by atoms with Crippen LogP contribution in [-0.4, -0.2) is 31.6 Å². The Morgan fingerprint density at radius 1 is 1.15 bits per heavy atom. The summed E-state index contributed by atoms with van der Waals surface area (Å²) in [6.07, 6.45) is 4.78. The van der Waals surface area contributed by atoms with E-state index in [0.29, 0.717) is 6.04 Å². The van der Waals surface area contributed by atoms with E-state index in [0.717, 1.165) is 31.0 Å². The van der Waals surface area contributed by atoms with Crippen LogP contribution >= 0.6 is 11.6 Å². The molecule has 0 saturated carbocycles. The molecule has 0 aromatic heterocycles. The number of rotatable bonds is 10. The molecular weight excluding hydrogens is 268 g/mol. The van der Waals surface area contributed by atoms with Crippen molar-refractivity contribution in [3.05, 3.63) is 34.9 Å². The molecule has 0 aliphatic heterocycles. The fourth-order valence-corrected chi connectivity index (χ4v) is 2.60. The second kappa shape index (κ2) is 10.2. The van der Waals surface area contributed by atoms with Gasteiger partial charge in [-0.25, -0.2) is 0 Å². The average molecular weight is 297 g/mol. The molecule has 114 valence electrons. The maximum absolute atomic E-state index is 6.34. The minimum Gasteiger partial charge on any atom is -0.310 e. The summed E-state index contributed by atoms with van der Waals surface area (Å²) in [5.74, 6) is 0. The van der Waals surface area contributed by atoms with Crippen LogP contribution in [0.1, 0.15) is 51.1 Å². The molecule has 0 spiro atoms. The molecule has 1 aromatic rings. The summed E-state index contributed by atoms with van der Waals surface area (Å²) in [7, 11) is 2.21. The van der Waals surface area contributed by atoms with Gasteiger partial charge in [0.25, 0.3) is 0 Å². The fraction of sp³-hybridized carbons (Fsp3) is 0.647. The summed E-state index contributed by atoms with van der Waals surface area (Å²) >= 11 is 6.34. The molecule has 20 heavy (non-hydrogen) atoms. The summed E-state index contributed by atoms with van der Waals surface area (Å²) in [6, 6.07) is 8.55. The monoisotopic (exact) mass is 296 g/mol. The fourth-order valence-electron chi connectivity index (χ4n) is 2.33. The zero-order chi connectivity index (χ0) is 14.8.